The molecule has 4 heteroatoms. The van der Waals surface area contributed by atoms with E-state index in [1.807, 2.05) is 0 Å². The van der Waals surface area contributed by atoms with Gasteiger partial charge in [-0.05, 0) is 12.3 Å². The standard InChI is InChI=1S/C12H22O4/c1-2-9-3-4-12(15-7-9)5-11(14)10(6-13)8-16-12/h9-11,13-14H,2-8H2,1H3/t9?,10-,11+,12-/m1/s1. The quantitative estimate of drug-likeness (QED) is 0.740. The van der Waals surface area contributed by atoms with E-state index in [2.05, 4.69) is 6.92 Å². The predicted molar refractivity (Wildman–Crippen MR) is 58.8 cm³/mol. The molecule has 4 atom stereocenters. The molecule has 0 aromatic rings. The summed E-state index contributed by atoms with van der Waals surface area (Å²) in [6, 6.07) is 0. The second-order valence-corrected chi connectivity index (χ2v) is 5.06. The Kier molecular flexibility index (Phi) is 3.85. The summed E-state index contributed by atoms with van der Waals surface area (Å²) in [6.45, 7) is 3.28. The number of hydrogen-bond acceptors (Lipinski definition) is 4. The molecule has 0 saturated carbocycles. The highest BCUT2D eigenvalue weighted by Gasteiger charge is 2.44. The highest BCUT2D eigenvalue weighted by Crippen LogP contribution is 2.38. The first-order valence-electron chi connectivity index (χ1n) is 6.26. The third kappa shape index (κ3) is 2.40. The van der Waals surface area contributed by atoms with Gasteiger partial charge in [-0.25, -0.2) is 0 Å². The molecular formula is C12H22O4. The lowest BCUT2D eigenvalue weighted by Crippen LogP contribution is -2.51. The lowest BCUT2D eigenvalue weighted by Gasteiger charge is -2.45. The molecule has 0 amide bonds. The van der Waals surface area contributed by atoms with E-state index >= 15 is 0 Å². The lowest BCUT2D eigenvalue weighted by atomic mass is 9.86. The van der Waals surface area contributed by atoms with E-state index in [1.54, 1.807) is 0 Å². The highest BCUT2D eigenvalue weighted by molar-refractivity contribution is 4.87. The van der Waals surface area contributed by atoms with Gasteiger partial charge >= 0.3 is 0 Å². The molecule has 94 valence electrons. The largest absolute Gasteiger partial charge is 0.396 e. The molecule has 0 bridgehead atoms. The van der Waals surface area contributed by atoms with Crippen LogP contribution < -0.4 is 0 Å². The smallest absolute Gasteiger partial charge is 0.170 e. The molecule has 16 heavy (non-hydrogen) atoms. The van der Waals surface area contributed by atoms with E-state index in [4.69, 9.17) is 14.6 Å². The van der Waals surface area contributed by atoms with Crippen LogP contribution in [0, 0.1) is 11.8 Å². The number of ether oxygens (including phenoxy) is 2. The minimum absolute atomic E-state index is 0.0190. The van der Waals surface area contributed by atoms with Gasteiger partial charge in [-0.15, -0.1) is 0 Å². The fourth-order valence-electron chi connectivity index (χ4n) is 2.53. The zero-order valence-corrected chi connectivity index (χ0v) is 9.89. The number of aliphatic hydroxyl groups excluding tert-OH is 2. The predicted octanol–water partition coefficient (Wildman–Crippen LogP) is 0.909. The van der Waals surface area contributed by atoms with Crippen LogP contribution in [0.3, 0.4) is 0 Å². The lowest BCUT2D eigenvalue weighted by molar-refractivity contribution is -0.307. The summed E-state index contributed by atoms with van der Waals surface area (Å²) in [5.74, 6) is -0.100. The molecule has 2 saturated heterocycles. The Morgan fingerprint density at radius 1 is 1.31 bits per heavy atom. The van der Waals surface area contributed by atoms with Gasteiger partial charge in [0.05, 0.1) is 25.9 Å². The normalized spacial score (nSPS) is 44.8. The van der Waals surface area contributed by atoms with Crippen LogP contribution in [0.2, 0.25) is 0 Å². The topological polar surface area (TPSA) is 58.9 Å². The molecule has 0 radical (unpaired) electrons. The third-order valence-corrected chi connectivity index (χ3v) is 3.95. The molecule has 4 nitrogen and oxygen atoms in total. The van der Waals surface area contributed by atoms with Crippen molar-refractivity contribution in [2.24, 2.45) is 11.8 Å². The number of hydrogen-bond donors (Lipinski definition) is 2. The van der Waals surface area contributed by atoms with Crippen LogP contribution in [0.25, 0.3) is 0 Å². The molecule has 2 aliphatic rings. The van der Waals surface area contributed by atoms with Crippen molar-refractivity contribution in [1.29, 1.82) is 0 Å². The van der Waals surface area contributed by atoms with Crippen molar-refractivity contribution in [3.63, 3.8) is 0 Å². The van der Waals surface area contributed by atoms with Crippen LogP contribution in [0.15, 0.2) is 0 Å². The Morgan fingerprint density at radius 3 is 2.56 bits per heavy atom. The molecule has 1 spiro atoms. The van der Waals surface area contributed by atoms with Crippen molar-refractivity contribution < 1.29 is 19.7 Å². The van der Waals surface area contributed by atoms with Gasteiger partial charge in [-0.1, -0.05) is 13.3 Å². The van der Waals surface area contributed by atoms with Crippen molar-refractivity contribution in [2.45, 2.75) is 44.5 Å². The van der Waals surface area contributed by atoms with Gasteiger partial charge < -0.3 is 19.7 Å². The molecule has 2 heterocycles. The van der Waals surface area contributed by atoms with Crippen molar-refractivity contribution in [3.8, 4) is 0 Å². The van der Waals surface area contributed by atoms with Gasteiger partial charge in [0.25, 0.3) is 0 Å². The summed E-state index contributed by atoms with van der Waals surface area (Å²) in [6.07, 6.45) is 3.09. The van der Waals surface area contributed by atoms with Crippen LogP contribution in [0.4, 0.5) is 0 Å². The van der Waals surface area contributed by atoms with Gasteiger partial charge in [0.1, 0.15) is 0 Å². The van der Waals surface area contributed by atoms with E-state index in [9.17, 15) is 5.11 Å². The Bertz CT molecular complexity index is 218. The van der Waals surface area contributed by atoms with Gasteiger partial charge in [0.2, 0.25) is 0 Å². The van der Waals surface area contributed by atoms with Crippen LogP contribution >= 0.6 is 0 Å². The van der Waals surface area contributed by atoms with E-state index in [-0.39, 0.29) is 12.5 Å². The molecule has 0 aromatic carbocycles. The van der Waals surface area contributed by atoms with E-state index < -0.39 is 11.9 Å². The molecule has 2 N–H and O–H groups in total. The minimum atomic E-state index is -0.573. The van der Waals surface area contributed by atoms with Crippen LogP contribution in [0.5, 0.6) is 0 Å². The van der Waals surface area contributed by atoms with Gasteiger partial charge in [-0.3, -0.25) is 0 Å². The van der Waals surface area contributed by atoms with Crippen molar-refractivity contribution >= 4 is 0 Å². The average Bonchev–Trinajstić information content (AvgIpc) is 2.30. The van der Waals surface area contributed by atoms with Crippen LogP contribution in [0.1, 0.15) is 32.6 Å². The third-order valence-electron chi connectivity index (χ3n) is 3.95. The maximum atomic E-state index is 9.89. The van der Waals surface area contributed by atoms with Gasteiger partial charge in [0, 0.05) is 18.8 Å². The Morgan fingerprint density at radius 2 is 2.06 bits per heavy atom. The summed E-state index contributed by atoms with van der Waals surface area (Å²) >= 11 is 0. The second kappa shape index (κ2) is 5.00. The maximum absolute atomic E-state index is 9.89. The second-order valence-electron chi connectivity index (χ2n) is 5.06. The van der Waals surface area contributed by atoms with Gasteiger partial charge in [0.15, 0.2) is 5.79 Å². The van der Waals surface area contributed by atoms with E-state index in [0.717, 1.165) is 25.9 Å². The Labute approximate surface area is 96.6 Å². The summed E-state index contributed by atoms with van der Waals surface area (Å²) in [5.41, 5.74) is 0. The summed E-state index contributed by atoms with van der Waals surface area (Å²) < 4.78 is 11.5. The van der Waals surface area contributed by atoms with E-state index in [1.165, 1.54) is 0 Å². The first kappa shape index (κ1) is 12.3. The molecule has 2 rings (SSSR count). The summed E-state index contributed by atoms with van der Waals surface area (Å²) in [5, 5.41) is 18.9. The fraction of sp³-hybridized carbons (Fsp3) is 1.00. The van der Waals surface area contributed by atoms with Crippen molar-refractivity contribution in [2.75, 3.05) is 19.8 Å². The first-order chi connectivity index (χ1) is 7.69. The molecule has 2 aliphatic heterocycles. The average molecular weight is 230 g/mol. The summed E-state index contributed by atoms with van der Waals surface area (Å²) in [7, 11) is 0. The maximum Gasteiger partial charge on any atom is 0.170 e. The van der Waals surface area contributed by atoms with E-state index in [0.29, 0.717) is 18.9 Å². The SMILES string of the molecule is CCC1CC[C@@]2(C[C@H](O)[C@H](CO)CO2)OC1. The zero-order chi connectivity index (χ0) is 11.6. The number of rotatable bonds is 2. The molecule has 0 aromatic heterocycles. The molecule has 0 aliphatic carbocycles. The van der Waals surface area contributed by atoms with Crippen LogP contribution in [-0.2, 0) is 9.47 Å². The fourth-order valence-corrected chi connectivity index (χ4v) is 2.53. The molecule has 1 unspecified atom stereocenters. The Hall–Kier alpha value is -0.160. The monoisotopic (exact) mass is 230 g/mol. The Balaban J connectivity index is 1.91. The highest BCUT2D eigenvalue weighted by atomic mass is 16.7. The minimum Gasteiger partial charge on any atom is -0.396 e. The van der Waals surface area contributed by atoms with Crippen molar-refractivity contribution in [1.82, 2.24) is 0 Å². The molecule has 2 fully saturated rings. The van der Waals surface area contributed by atoms with Crippen LogP contribution in [-0.4, -0.2) is 41.9 Å². The first-order valence-corrected chi connectivity index (χ1v) is 6.26. The summed E-state index contributed by atoms with van der Waals surface area (Å²) in [4.78, 5) is 0. The van der Waals surface area contributed by atoms with Gasteiger partial charge in [-0.2, -0.15) is 0 Å². The molecular weight excluding hydrogens is 208 g/mol. The number of aliphatic hydroxyl groups is 2. The zero-order valence-electron chi connectivity index (χ0n) is 9.89. The van der Waals surface area contributed by atoms with Crippen molar-refractivity contribution in [3.05, 3.63) is 0 Å².